The van der Waals surface area contributed by atoms with E-state index < -0.39 is 0 Å². The molecule has 0 saturated heterocycles. The third-order valence-corrected chi connectivity index (χ3v) is 3.18. The maximum Gasteiger partial charge on any atom is 0.144 e. The van der Waals surface area contributed by atoms with Crippen LogP contribution in [0.25, 0.3) is 5.69 Å². The lowest BCUT2D eigenvalue weighted by atomic mass is 10.2. The van der Waals surface area contributed by atoms with Gasteiger partial charge in [0.2, 0.25) is 0 Å². The highest BCUT2D eigenvalue weighted by molar-refractivity contribution is 5.46. The number of aryl methyl sites for hydroxylation is 1. The first kappa shape index (κ1) is 14.5. The molecular formula is C15H21N3O2. The molecule has 1 aromatic heterocycles. The van der Waals surface area contributed by atoms with E-state index in [2.05, 4.69) is 10.1 Å². The number of methoxy groups -OCH3 is 2. The molecule has 0 unspecified atom stereocenters. The SMILES string of the molecule is COCCCCCc1ncnn1-c1ccccc1OC. The van der Waals surface area contributed by atoms with E-state index in [1.807, 2.05) is 28.9 Å². The maximum atomic E-state index is 5.38. The van der Waals surface area contributed by atoms with Gasteiger partial charge < -0.3 is 9.47 Å². The van der Waals surface area contributed by atoms with E-state index in [4.69, 9.17) is 9.47 Å². The average Bonchev–Trinajstić information content (AvgIpc) is 2.95. The zero-order valence-corrected chi connectivity index (χ0v) is 12.1. The molecule has 1 heterocycles. The van der Waals surface area contributed by atoms with E-state index >= 15 is 0 Å². The molecule has 0 atom stereocenters. The molecule has 20 heavy (non-hydrogen) atoms. The van der Waals surface area contributed by atoms with Gasteiger partial charge in [-0.1, -0.05) is 18.6 Å². The largest absolute Gasteiger partial charge is 0.494 e. The third kappa shape index (κ3) is 3.57. The number of nitrogens with zero attached hydrogens (tertiary/aromatic N) is 3. The Morgan fingerprint density at radius 1 is 1.10 bits per heavy atom. The zero-order chi connectivity index (χ0) is 14.2. The first-order valence-electron chi connectivity index (χ1n) is 6.88. The second-order valence-corrected chi connectivity index (χ2v) is 4.56. The van der Waals surface area contributed by atoms with Crippen LogP contribution in [0.4, 0.5) is 0 Å². The topological polar surface area (TPSA) is 49.2 Å². The summed E-state index contributed by atoms with van der Waals surface area (Å²) in [5.41, 5.74) is 0.930. The van der Waals surface area contributed by atoms with Crippen molar-refractivity contribution < 1.29 is 9.47 Å². The van der Waals surface area contributed by atoms with Crippen LogP contribution < -0.4 is 4.74 Å². The van der Waals surface area contributed by atoms with Gasteiger partial charge in [0.05, 0.1) is 7.11 Å². The van der Waals surface area contributed by atoms with Crippen molar-refractivity contribution in [2.45, 2.75) is 25.7 Å². The minimum Gasteiger partial charge on any atom is -0.494 e. The van der Waals surface area contributed by atoms with Crippen LogP contribution in [0.2, 0.25) is 0 Å². The number of benzene rings is 1. The molecule has 108 valence electrons. The Balaban J connectivity index is 2.04. The quantitative estimate of drug-likeness (QED) is 0.695. The van der Waals surface area contributed by atoms with Gasteiger partial charge in [0.25, 0.3) is 0 Å². The second-order valence-electron chi connectivity index (χ2n) is 4.56. The molecule has 0 radical (unpaired) electrons. The van der Waals surface area contributed by atoms with Gasteiger partial charge in [-0.05, 0) is 25.0 Å². The Hall–Kier alpha value is -1.88. The van der Waals surface area contributed by atoms with Gasteiger partial charge in [0.15, 0.2) is 0 Å². The minimum absolute atomic E-state index is 0.804. The van der Waals surface area contributed by atoms with Crippen molar-refractivity contribution in [1.82, 2.24) is 14.8 Å². The van der Waals surface area contributed by atoms with E-state index in [0.29, 0.717) is 0 Å². The molecule has 0 amide bonds. The van der Waals surface area contributed by atoms with E-state index in [9.17, 15) is 0 Å². The molecule has 0 bridgehead atoms. The number of aromatic nitrogens is 3. The predicted octanol–water partition coefficient (Wildman–Crippen LogP) is 2.64. The summed E-state index contributed by atoms with van der Waals surface area (Å²) in [5.74, 6) is 1.77. The Labute approximate surface area is 119 Å². The summed E-state index contributed by atoms with van der Waals surface area (Å²) in [4.78, 5) is 4.35. The predicted molar refractivity (Wildman–Crippen MR) is 77.3 cm³/mol. The van der Waals surface area contributed by atoms with Gasteiger partial charge in [-0.2, -0.15) is 5.10 Å². The van der Waals surface area contributed by atoms with Crippen molar-refractivity contribution in [3.05, 3.63) is 36.4 Å². The Bertz CT molecular complexity index is 525. The van der Waals surface area contributed by atoms with E-state index in [0.717, 1.165) is 49.6 Å². The molecule has 0 aliphatic heterocycles. The highest BCUT2D eigenvalue weighted by Crippen LogP contribution is 2.22. The summed E-state index contributed by atoms with van der Waals surface area (Å²) in [6.07, 6.45) is 5.79. The number of ether oxygens (including phenoxy) is 2. The number of rotatable bonds is 8. The molecule has 0 spiro atoms. The highest BCUT2D eigenvalue weighted by Gasteiger charge is 2.10. The Morgan fingerprint density at radius 2 is 1.95 bits per heavy atom. The van der Waals surface area contributed by atoms with Gasteiger partial charge in [-0.25, -0.2) is 9.67 Å². The Kier molecular flexibility index (Phi) is 5.55. The van der Waals surface area contributed by atoms with E-state index in [1.165, 1.54) is 0 Å². The van der Waals surface area contributed by atoms with Crippen molar-refractivity contribution in [2.24, 2.45) is 0 Å². The summed E-state index contributed by atoms with van der Waals surface area (Å²) in [7, 11) is 3.40. The number of hydrogen-bond acceptors (Lipinski definition) is 4. The first-order chi connectivity index (χ1) is 9.86. The van der Waals surface area contributed by atoms with Crippen molar-refractivity contribution in [3.8, 4) is 11.4 Å². The maximum absolute atomic E-state index is 5.38. The van der Waals surface area contributed by atoms with Crippen LogP contribution in [0.15, 0.2) is 30.6 Å². The van der Waals surface area contributed by atoms with Crippen LogP contribution in [-0.2, 0) is 11.2 Å². The third-order valence-electron chi connectivity index (χ3n) is 3.18. The molecule has 0 fully saturated rings. The normalized spacial score (nSPS) is 10.7. The zero-order valence-electron chi connectivity index (χ0n) is 12.1. The van der Waals surface area contributed by atoms with Crippen molar-refractivity contribution in [1.29, 1.82) is 0 Å². The molecule has 2 aromatic rings. The fourth-order valence-corrected chi connectivity index (χ4v) is 2.15. The van der Waals surface area contributed by atoms with Gasteiger partial charge >= 0.3 is 0 Å². The fourth-order valence-electron chi connectivity index (χ4n) is 2.15. The number of para-hydroxylation sites is 2. The lowest BCUT2D eigenvalue weighted by molar-refractivity contribution is 0.192. The lowest BCUT2D eigenvalue weighted by Crippen LogP contribution is -2.05. The van der Waals surface area contributed by atoms with Crippen molar-refractivity contribution >= 4 is 0 Å². The van der Waals surface area contributed by atoms with Crippen molar-refractivity contribution in [2.75, 3.05) is 20.8 Å². The number of unbranched alkanes of at least 4 members (excludes halogenated alkanes) is 2. The average molecular weight is 275 g/mol. The molecule has 0 N–H and O–H groups in total. The van der Waals surface area contributed by atoms with Gasteiger partial charge in [-0.3, -0.25) is 0 Å². The minimum atomic E-state index is 0.804. The summed E-state index contributed by atoms with van der Waals surface area (Å²) in [6.45, 7) is 0.819. The van der Waals surface area contributed by atoms with Crippen LogP contribution in [0.5, 0.6) is 5.75 Å². The van der Waals surface area contributed by atoms with Crippen LogP contribution in [0, 0.1) is 0 Å². The molecule has 5 heteroatoms. The van der Waals surface area contributed by atoms with Gasteiger partial charge in [0, 0.05) is 20.1 Å². The van der Waals surface area contributed by atoms with Crippen LogP contribution >= 0.6 is 0 Å². The lowest BCUT2D eigenvalue weighted by Gasteiger charge is -2.10. The van der Waals surface area contributed by atoms with Crippen molar-refractivity contribution in [3.63, 3.8) is 0 Å². The molecule has 0 saturated carbocycles. The smallest absolute Gasteiger partial charge is 0.144 e. The first-order valence-corrected chi connectivity index (χ1v) is 6.88. The summed E-state index contributed by atoms with van der Waals surface area (Å²) in [5, 5.41) is 4.31. The van der Waals surface area contributed by atoms with Crippen LogP contribution in [0.3, 0.4) is 0 Å². The van der Waals surface area contributed by atoms with Crippen LogP contribution in [-0.4, -0.2) is 35.6 Å². The molecule has 2 rings (SSSR count). The summed E-state index contributed by atoms with van der Waals surface area (Å²) >= 11 is 0. The monoisotopic (exact) mass is 275 g/mol. The highest BCUT2D eigenvalue weighted by atomic mass is 16.5. The molecular weight excluding hydrogens is 254 g/mol. The molecule has 1 aromatic carbocycles. The summed E-state index contributed by atoms with van der Waals surface area (Å²) in [6, 6.07) is 7.84. The second kappa shape index (κ2) is 7.65. The van der Waals surface area contributed by atoms with E-state index in [1.54, 1.807) is 20.5 Å². The van der Waals surface area contributed by atoms with E-state index in [-0.39, 0.29) is 0 Å². The molecule has 0 aliphatic carbocycles. The fraction of sp³-hybridized carbons (Fsp3) is 0.467. The van der Waals surface area contributed by atoms with Gasteiger partial charge in [0.1, 0.15) is 23.6 Å². The van der Waals surface area contributed by atoms with Crippen LogP contribution in [0.1, 0.15) is 25.1 Å². The molecule has 5 nitrogen and oxygen atoms in total. The van der Waals surface area contributed by atoms with Gasteiger partial charge in [-0.15, -0.1) is 0 Å². The summed E-state index contributed by atoms with van der Waals surface area (Å²) < 4.78 is 12.3. The standard InChI is InChI=1S/C15H21N3O2/c1-19-11-7-3-4-10-15-16-12-17-18(15)13-8-5-6-9-14(13)20-2/h5-6,8-9,12H,3-4,7,10-11H2,1-2H3. The molecule has 0 aliphatic rings. The number of hydrogen-bond donors (Lipinski definition) is 0. The Morgan fingerprint density at radius 3 is 2.75 bits per heavy atom.